The van der Waals surface area contributed by atoms with Crippen LogP contribution in [0.1, 0.15) is 44.9 Å². The summed E-state index contributed by atoms with van der Waals surface area (Å²) >= 11 is 0. The highest BCUT2D eigenvalue weighted by atomic mass is 15.4. The van der Waals surface area contributed by atoms with E-state index in [1.165, 1.54) is 0 Å². The van der Waals surface area contributed by atoms with Crippen molar-refractivity contribution in [2.45, 2.75) is 53.1 Å². The average molecular weight is 210 g/mol. The largest absolute Gasteiger partial charge is 0.312 e. The Bertz CT molecular complexity index is 306. The van der Waals surface area contributed by atoms with Gasteiger partial charge < -0.3 is 5.32 Å². The van der Waals surface area contributed by atoms with E-state index in [1.807, 2.05) is 18.5 Å². The molecule has 1 rings (SSSR count). The van der Waals surface area contributed by atoms with E-state index in [2.05, 4.69) is 36.2 Å². The van der Waals surface area contributed by atoms with Crippen molar-refractivity contribution in [3.8, 4) is 0 Å². The topological polar surface area (TPSA) is 42.7 Å². The Kier molecular flexibility index (Phi) is 4.27. The summed E-state index contributed by atoms with van der Waals surface area (Å²) in [5.41, 5.74) is 0. The fourth-order valence-electron chi connectivity index (χ4n) is 1.56. The third-order valence-electron chi connectivity index (χ3n) is 2.70. The van der Waals surface area contributed by atoms with Crippen LogP contribution in [0.2, 0.25) is 0 Å². The van der Waals surface area contributed by atoms with Crippen LogP contribution in [0.4, 0.5) is 0 Å². The number of nitrogens with zero attached hydrogens (tertiary/aromatic N) is 3. The van der Waals surface area contributed by atoms with Crippen molar-refractivity contribution < 1.29 is 0 Å². The predicted octanol–water partition coefficient (Wildman–Crippen LogP) is 1.84. The molecule has 0 aliphatic carbocycles. The normalized spacial score (nSPS) is 15.3. The van der Waals surface area contributed by atoms with Crippen LogP contribution in [-0.4, -0.2) is 27.4 Å². The predicted molar refractivity (Wildman–Crippen MR) is 62.0 cm³/mol. The van der Waals surface area contributed by atoms with Gasteiger partial charge in [0.15, 0.2) is 0 Å². The zero-order chi connectivity index (χ0) is 11.4. The summed E-state index contributed by atoms with van der Waals surface area (Å²) in [6.45, 7) is 11.4. The number of aryl methyl sites for hydroxylation is 2. The van der Waals surface area contributed by atoms with E-state index in [4.69, 9.17) is 0 Å². The maximum Gasteiger partial charge on any atom is 0.147 e. The van der Waals surface area contributed by atoms with E-state index in [0.29, 0.717) is 12.1 Å². The monoisotopic (exact) mass is 210 g/mol. The van der Waals surface area contributed by atoms with Gasteiger partial charge in [0.05, 0.1) is 6.04 Å². The van der Waals surface area contributed by atoms with Gasteiger partial charge in [-0.05, 0) is 34.1 Å². The summed E-state index contributed by atoms with van der Waals surface area (Å²) < 4.78 is 1.99. The molecule has 0 aliphatic heterocycles. The molecule has 1 aromatic rings. The summed E-state index contributed by atoms with van der Waals surface area (Å²) in [6.07, 6.45) is 1.15. The molecule has 2 unspecified atom stereocenters. The minimum atomic E-state index is 0.361. The second-order valence-corrected chi connectivity index (χ2v) is 4.22. The molecular formula is C11H22N4. The number of hydrogen-bond acceptors (Lipinski definition) is 3. The van der Waals surface area contributed by atoms with Gasteiger partial charge in [-0.3, -0.25) is 0 Å². The Balaban J connectivity index is 2.53. The Morgan fingerprint density at radius 1 is 1.33 bits per heavy atom. The number of rotatable bonds is 5. The van der Waals surface area contributed by atoms with Gasteiger partial charge >= 0.3 is 0 Å². The molecule has 0 fully saturated rings. The fourth-order valence-corrected chi connectivity index (χ4v) is 1.56. The van der Waals surface area contributed by atoms with Crippen molar-refractivity contribution in [3.63, 3.8) is 0 Å². The van der Waals surface area contributed by atoms with Crippen LogP contribution in [-0.2, 0) is 0 Å². The van der Waals surface area contributed by atoms with Gasteiger partial charge in [-0.2, -0.15) is 5.10 Å². The van der Waals surface area contributed by atoms with Gasteiger partial charge in [0.2, 0.25) is 0 Å². The summed E-state index contributed by atoms with van der Waals surface area (Å²) in [5, 5.41) is 7.86. The Labute approximate surface area is 92.1 Å². The quantitative estimate of drug-likeness (QED) is 0.806. The molecule has 0 aliphatic rings. The van der Waals surface area contributed by atoms with E-state index in [0.717, 1.165) is 24.6 Å². The molecule has 1 heterocycles. The zero-order valence-electron chi connectivity index (χ0n) is 10.4. The molecule has 0 saturated heterocycles. The first-order valence-electron chi connectivity index (χ1n) is 5.67. The lowest BCUT2D eigenvalue weighted by Gasteiger charge is -2.17. The van der Waals surface area contributed by atoms with Crippen molar-refractivity contribution in [2.24, 2.45) is 0 Å². The molecule has 1 aromatic heterocycles. The maximum atomic E-state index is 4.38. The SMILES string of the molecule is CCC(C)NCC(C)n1nc(C)nc1C. The minimum absolute atomic E-state index is 0.361. The molecular weight excluding hydrogens is 188 g/mol. The van der Waals surface area contributed by atoms with Gasteiger partial charge in [0.25, 0.3) is 0 Å². The second kappa shape index (κ2) is 5.26. The van der Waals surface area contributed by atoms with Crippen molar-refractivity contribution in [1.82, 2.24) is 20.1 Å². The average Bonchev–Trinajstić information content (AvgIpc) is 2.53. The van der Waals surface area contributed by atoms with Crippen LogP contribution < -0.4 is 5.32 Å². The fraction of sp³-hybridized carbons (Fsp3) is 0.818. The molecule has 0 spiro atoms. The van der Waals surface area contributed by atoms with Crippen LogP contribution in [0.5, 0.6) is 0 Å². The summed E-state index contributed by atoms with van der Waals surface area (Å²) in [7, 11) is 0. The Morgan fingerprint density at radius 3 is 2.47 bits per heavy atom. The van der Waals surface area contributed by atoms with Crippen molar-refractivity contribution in [1.29, 1.82) is 0 Å². The third-order valence-corrected chi connectivity index (χ3v) is 2.70. The Hall–Kier alpha value is -0.900. The Morgan fingerprint density at radius 2 is 2.00 bits per heavy atom. The first-order valence-corrected chi connectivity index (χ1v) is 5.67. The molecule has 1 N–H and O–H groups in total. The standard InChI is InChI=1S/C11H22N4/c1-6-8(2)12-7-9(3)15-11(5)13-10(4)14-15/h8-9,12H,6-7H2,1-5H3. The van der Waals surface area contributed by atoms with E-state index < -0.39 is 0 Å². The van der Waals surface area contributed by atoms with Gasteiger partial charge in [-0.15, -0.1) is 0 Å². The lowest BCUT2D eigenvalue weighted by Crippen LogP contribution is -2.31. The molecule has 0 radical (unpaired) electrons. The summed E-state index contributed by atoms with van der Waals surface area (Å²) in [5.74, 6) is 1.84. The van der Waals surface area contributed by atoms with Crippen LogP contribution >= 0.6 is 0 Å². The van der Waals surface area contributed by atoms with Crippen LogP contribution in [0.3, 0.4) is 0 Å². The van der Waals surface area contributed by atoms with Crippen LogP contribution in [0.25, 0.3) is 0 Å². The van der Waals surface area contributed by atoms with E-state index in [-0.39, 0.29) is 0 Å². The van der Waals surface area contributed by atoms with E-state index in [9.17, 15) is 0 Å². The van der Waals surface area contributed by atoms with Gasteiger partial charge in [-0.1, -0.05) is 6.92 Å². The van der Waals surface area contributed by atoms with E-state index in [1.54, 1.807) is 0 Å². The molecule has 15 heavy (non-hydrogen) atoms. The van der Waals surface area contributed by atoms with Gasteiger partial charge in [0.1, 0.15) is 11.6 Å². The molecule has 0 amide bonds. The molecule has 0 aromatic carbocycles. The molecule has 0 saturated carbocycles. The smallest absolute Gasteiger partial charge is 0.147 e. The highest BCUT2D eigenvalue weighted by Crippen LogP contribution is 2.06. The van der Waals surface area contributed by atoms with Crippen molar-refractivity contribution >= 4 is 0 Å². The third kappa shape index (κ3) is 3.30. The number of aromatic nitrogens is 3. The van der Waals surface area contributed by atoms with Crippen LogP contribution in [0, 0.1) is 13.8 Å². The first-order chi connectivity index (χ1) is 7.04. The van der Waals surface area contributed by atoms with Crippen molar-refractivity contribution in [3.05, 3.63) is 11.6 Å². The van der Waals surface area contributed by atoms with Crippen LogP contribution in [0.15, 0.2) is 0 Å². The number of nitrogens with one attached hydrogen (secondary N) is 1. The highest BCUT2D eigenvalue weighted by molar-refractivity contribution is 4.90. The molecule has 2 atom stereocenters. The summed E-state index contributed by atoms with van der Waals surface area (Å²) in [6, 6.07) is 0.928. The number of hydrogen-bond donors (Lipinski definition) is 1. The minimum Gasteiger partial charge on any atom is -0.312 e. The zero-order valence-corrected chi connectivity index (χ0v) is 10.4. The molecule has 0 bridgehead atoms. The van der Waals surface area contributed by atoms with Crippen molar-refractivity contribution in [2.75, 3.05) is 6.54 Å². The molecule has 4 nitrogen and oxygen atoms in total. The first kappa shape index (κ1) is 12.2. The lowest BCUT2D eigenvalue weighted by molar-refractivity contribution is 0.411. The highest BCUT2D eigenvalue weighted by Gasteiger charge is 2.10. The summed E-state index contributed by atoms with van der Waals surface area (Å²) in [4.78, 5) is 4.30. The van der Waals surface area contributed by atoms with E-state index >= 15 is 0 Å². The van der Waals surface area contributed by atoms with Gasteiger partial charge in [0, 0.05) is 12.6 Å². The maximum absolute atomic E-state index is 4.38. The van der Waals surface area contributed by atoms with Gasteiger partial charge in [-0.25, -0.2) is 9.67 Å². The molecule has 86 valence electrons. The molecule has 4 heteroatoms. The second-order valence-electron chi connectivity index (χ2n) is 4.22. The lowest BCUT2D eigenvalue weighted by atomic mass is 10.2.